The third kappa shape index (κ3) is 3.01. The molecule has 4 heteroatoms. The minimum Gasteiger partial charge on any atom is -0.394 e. The van der Waals surface area contributed by atoms with E-state index >= 15 is 0 Å². The van der Waals surface area contributed by atoms with Gasteiger partial charge in [0.05, 0.1) is 18.8 Å². The van der Waals surface area contributed by atoms with Crippen molar-refractivity contribution in [1.82, 2.24) is 5.32 Å². The first kappa shape index (κ1) is 12.6. The summed E-state index contributed by atoms with van der Waals surface area (Å²) in [5.41, 5.74) is 0.626. The third-order valence-electron chi connectivity index (χ3n) is 2.85. The molecule has 1 atom stereocenters. The Labute approximate surface area is 94.8 Å². The SMILES string of the molecule is CCC(CO)(CO)NC(C)c1ccsc1. The lowest BCUT2D eigenvalue weighted by Gasteiger charge is -2.33. The number of thiophene rings is 1. The summed E-state index contributed by atoms with van der Waals surface area (Å²) in [6, 6.07) is 2.20. The lowest BCUT2D eigenvalue weighted by molar-refractivity contribution is 0.0793. The third-order valence-corrected chi connectivity index (χ3v) is 3.55. The van der Waals surface area contributed by atoms with Crippen LogP contribution in [-0.2, 0) is 0 Å². The molecule has 0 aliphatic carbocycles. The molecule has 0 saturated heterocycles. The maximum atomic E-state index is 9.30. The lowest BCUT2D eigenvalue weighted by Crippen LogP contribution is -2.52. The summed E-state index contributed by atoms with van der Waals surface area (Å²) in [4.78, 5) is 0. The molecule has 0 saturated carbocycles. The maximum absolute atomic E-state index is 9.30. The Kier molecular flexibility index (Phi) is 4.73. The number of nitrogens with one attached hydrogen (secondary N) is 1. The van der Waals surface area contributed by atoms with Crippen LogP contribution in [0.4, 0.5) is 0 Å². The fourth-order valence-electron chi connectivity index (χ4n) is 1.53. The Morgan fingerprint density at radius 3 is 2.53 bits per heavy atom. The van der Waals surface area contributed by atoms with Gasteiger partial charge in [-0.1, -0.05) is 6.92 Å². The van der Waals surface area contributed by atoms with Crippen LogP contribution in [0.15, 0.2) is 16.8 Å². The molecule has 0 amide bonds. The molecule has 1 rings (SSSR count). The Hall–Kier alpha value is -0.420. The smallest absolute Gasteiger partial charge is 0.0650 e. The van der Waals surface area contributed by atoms with Crippen LogP contribution in [0.25, 0.3) is 0 Å². The van der Waals surface area contributed by atoms with Crippen LogP contribution in [-0.4, -0.2) is 29.0 Å². The van der Waals surface area contributed by atoms with Crippen molar-refractivity contribution in [3.8, 4) is 0 Å². The topological polar surface area (TPSA) is 52.5 Å². The van der Waals surface area contributed by atoms with E-state index in [0.717, 1.165) is 0 Å². The summed E-state index contributed by atoms with van der Waals surface area (Å²) < 4.78 is 0. The van der Waals surface area contributed by atoms with Gasteiger partial charge in [0.2, 0.25) is 0 Å². The van der Waals surface area contributed by atoms with Crippen molar-refractivity contribution in [2.75, 3.05) is 13.2 Å². The molecule has 0 bridgehead atoms. The van der Waals surface area contributed by atoms with Gasteiger partial charge in [-0.25, -0.2) is 0 Å². The highest BCUT2D eigenvalue weighted by Gasteiger charge is 2.28. The van der Waals surface area contributed by atoms with Gasteiger partial charge >= 0.3 is 0 Å². The minimum atomic E-state index is -0.568. The minimum absolute atomic E-state index is 0.0471. The Bertz CT molecular complexity index is 262. The number of aliphatic hydroxyl groups excluding tert-OH is 2. The van der Waals surface area contributed by atoms with Gasteiger partial charge in [-0.3, -0.25) is 0 Å². The van der Waals surface area contributed by atoms with Crippen LogP contribution in [0.2, 0.25) is 0 Å². The summed E-state index contributed by atoms with van der Waals surface area (Å²) in [7, 11) is 0. The van der Waals surface area contributed by atoms with Crippen LogP contribution < -0.4 is 5.32 Å². The molecule has 0 spiro atoms. The van der Waals surface area contributed by atoms with Crippen LogP contribution in [0.3, 0.4) is 0 Å². The van der Waals surface area contributed by atoms with Gasteiger partial charge in [0.15, 0.2) is 0 Å². The Balaban J connectivity index is 2.66. The van der Waals surface area contributed by atoms with Crippen LogP contribution >= 0.6 is 11.3 Å². The number of rotatable bonds is 6. The van der Waals surface area contributed by atoms with E-state index in [-0.39, 0.29) is 19.3 Å². The van der Waals surface area contributed by atoms with Crippen LogP contribution in [0, 0.1) is 0 Å². The van der Waals surface area contributed by atoms with E-state index < -0.39 is 5.54 Å². The van der Waals surface area contributed by atoms with Gasteiger partial charge in [0.25, 0.3) is 0 Å². The summed E-state index contributed by atoms with van der Waals surface area (Å²) in [6.07, 6.45) is 0.703. The monoisotopic (exact) mass is 229 g/mol. The zero-order valence-electron chi connectivity index (χ0n) is 9.23. The highest BCUT2D eigenvalue weighted by atomic mass is 32.1. The molecule has 0 aliphatic heterocycles. The fraction of sp³-hybridized carbons (Fsp3) is 0.636. The quantitative estimate of drug-likeness (QED) is 0.693. The summed E-state index contributed by atoms with van der Waals surface area (Å²) in [5.74, 6) is 0. The Morgan fingerprint density at radius 1 is 1.47 bits per heavy atom. The molecular formula is C11H19NO2S. The van der Waals surface area contributed by atoms with Crippen LogP contribution in [0.5, 0.6) is 0 Å². The molecule has 0 fully saturated rings. The number of hydrogen-bond acceptors (Lipinski definition) is 4. The molecule has 1 heterocycles. The van der Waals surface area contributed by atoms with Crippen molar-refractivity contribution < 1.29 is 10.2 Å². The molecule has 0 radical (unpaired) electrons. The van der Waals surface area contributed by atoms with E-state index in [0.29, 0.717) is 6.42 Å². The molecule has 0 aliphatic rings. The molecule has 3 N–H and O–H groups in total. The van der Waals surface area contributed by atoms with Crippen molar-refractivity contribution in [2.24, 2.45) is 0 Å². The summed E-state index contributed by atoms with van der Waals surface area (Å²) in [5, 5.41) is 26.0. The largest absolute Gasteiger partial charge is 0.394 e. The van der Waals surface area contributed by atoms with E-state index in [9.17, 15) is 10.2 Å². The molecule has 1 aromatic rings. The molecule has 1 unspecified atom stereocenters. The lowest BCUT2D eigenvalue weighted by atomic mass is 9.96. The van der Waals surface area contributed by atoms with Gasteiger partial charge in [0, 0.05) is 6.04 Å². The average Bonchev–Trinajstić information content (AvgIpc) is 2.79. The van der Waals surface area contributed by atoms with Gasteiger partial charge in [-0.2, -0.15) is 11.3 Å². The van der Waals surface area contributed by atoms with Crippen molar-refractivity contribution in [2.45, 2.75) is 31.8 Å². The second-order valence-corrected chi connectivity index (χ2v) is 4.65. The highest BCUT2D eigenvalue weighted by Crippen LogP contribution is 2.20. The zero-order chi connectivity index (χ0) is 11.3. The predicted molar refractivity (Wildman–Crippen MR) is 63.1 cm³/mol. The number of hydrogen-bond donors (Lipinski definition) is 3. The molecule has 1 aromatic heterocycles. The van der Waals surface area contributed by atoms with Gasteiger partial charge in [-0.05, 0) is 35.7 Å². The first-order chi connectivity index (χ1) is 7.17. The second-order valence-electron chi connectivity index (χ2n) is 3.87. The predicted octanol–water partition coefficient (Wildman–Crippen LogP) is 1.53. The van der Waals surface area contributed by atoms with E-state index in [4.69, 9.17) is 0 Å². The van der Waals surface area contributed by atoms with E-state index in [1.54, 1.807) is 11.3 Å². The first-order valence-electron chi connectivity index (χ1n) is 5.19. The number of aliphatic hydroxyl groups is 2. The standard InChI is InChI=1S/C11H19NO2S/c1-3-11(7-13,8-14)12-9(2)10-4-5-15-6-10/h4-6,9,12-14H,3,7-8H2,1-2H3. The van der Waals surface area contributed by atoms with E-state index in [1.807, 2.05) is 19.2 Å². The fourth-order valence-corrected chi connectivity index (χ4v) is 2.29. The molecule has 86 valence electrons. The first-order valence-corrected chi connectivity index (χ1v) is 6.13. The van der Waals surface area contributed by atoms with Crippen molar-refractivity contribution in [3.05, 3.63) is 22.4 Å². The molecule has 0 aromatic carbocycles. The van der Waals surface area contributed by atoms with Crippen molar-refractivity contribution >= 4 is 11.3 Å². The molecule has 3 nitrogen and oxygen atoms in total. The Morgan fingerprint density at radius 2 is 2.13 bits per heavy atom. The van der Waals surface area contributed by atoms with E-state index in [2.05, 4.69) is 16.8 Å². The van der Waals surface area contributed by atoms with E-state index in [1.165, 1.54) is 5.56 Å². The summed E-state index contributed by atoms with van der Waals surface area (Å²) >= 11 is 1.65. The van der Waals surface area contributed by atoms with Gasteiger partial charge in [0.1, 0.15) is 0 Å². The van der Waals surface area contributed by atoms with Crippen molar-refractivity contribution in [1.29, 1.82) is 0 Å². The molecule has 15 heavy (non-hydrogen) atoms. The zero-order valence-corrected chi connectivity index (χ0v) is 10.0. The van der Waals surface area contributed by atoms with Crippen molar-refractivity contribution in [3.63, 3.8) is 0 Å². The van der Waals surface area contributed by atoms with Gasteiger partial charge in [-0.15, -0.1) is 0 Å². The highest BCUT2D eigenvalue weighted by molar-refractivity contribution is 7.07. The second kappa shape index (κ2) is 5.61. The normalized spacial score (nSPS) is 14.1. The van der Waals surface area contributed by atoms with Gasteiger partial charge < -0.3 is 15.5 Å². The average molecular weight is 229 g/mol. The maximum Gasteiger partial charge on any atom is 0.0650 e. The summed E-state index contributed by atoms with van der Waals surface area (Å²) in [6.45, 7) is 3.90. The van der Waals surface area contributed by atoms with Crippen LogP contribution in [0.1, 0.15) is 31.9 Å². The molecular weight excluding hydrogens is 210 g/mol.